The highest BCUT2D eigenvalue weighted by molar-refractivity contribution is 6.23. The number of alkyl halides is 1. The molecule has 0 radical (unpaired) electrons. The molecule has 3 rings (SSSR count). The second-order valence-corrected chi connectivity index (χ2v) is 10.7. The van der Waals surface area contributed by atoms with Crippen LogP contribution in [0.4, 0.5) is 4.39 Å². The minimum atomic E-state index is -2.01. The van der Waals surface area contributed by atoms with E-state index in [9.17, 15) is 24.0 Å². The summed E-state index contributed by atoms with van der Waals surface area (Å²) in [6.45, 7) is 9.09. The predicted octanol–water partition coefficient (Wildman–Crippen LogP) is 4.69. The molecule has 1 N–H and O–H groups in total. The third-order valence-corrected chi connectivity index (χ3v) is 6.99. The highest BCUT2D eigenvalue weighted by atomic mass is 19.1. The second kappa shape index (κ2) is 13.5. The number of Topliss-reactive ketones (excluding diaryl/α,β-unsaturated/α-hetero) is 1. The van der Waals surface area contributed by atoms with Crippen molar-refractivity contribution in [3.63, 3.8) is 0 Å². The minimum Gasteiger partial charge on any atom is -0.464 e. The fraction of sp³-hybridized carbons (Fsp3) is 0.452. The van der Waals surface area contributed by atoms with Crippen LogP contribution in [-0.2, 0) is 19.1 Å². The molecule has 1 aliphatic heterocycles. The van der Waals surface area contributed by atoms with Crippen LogP contribution < -0.4 is 5.32 Å². The van der Waals surface area contributed by atoms with E-state index in [1.54, 1.807) is 51.1 Å². The molecular weight excluding hydrogens is 515 g/mol. The maximum absolute atomic E-state index is 16.1. The molecule has 1 aliphatic rings. The number of ketones is 1. The number of carbonyl (C=O) groups excluding carboxylic acids is 5. The van der Waals surface area contributed by atoms with Crippen molar-refractivity contribution in [3.8, 4) is 0 Å². The van der Waals surface area contributed by atoms with Crippen molar-refractivity contribution >= 4 is 29.5 Å². The maximum Gasteiger partial charge on any atom is 0.328 e. The van der Waals surface area contributed by atoms with Gasteiger partial charge in [0, 0.05) is 12.3 Å². The lowest BCUT2D eigenvalue weighted by Crippen LogP contribution is -2.50. The van der Waals surface area contributed by atoms with Crippen molar-refractivity contribution < 1.29 is 33.1 Å². The molecule has 8 nitrogen and oxygen atoms in total. The summed E-state index contributed by atoms with van der Waals surface area (Å²) < 4.78 is 21.3. The van der Waals surface area contributed by atoms with Gasteiger partial charge in [-0.1, -0.05) is 70.2 Å². The third kappa shape index (κ3) is 6.81. The molecule has 0 fully saturated rings. The number of esters is 1. The summed E-state index contributed by atoms with van der Waals surface area (Å²) in [4.78, 5) is 67.0. The first kappa shape index (κ1) is 30.7. The van der Waals surface area contributed by atoms with Crippen molar-refractivity contribution in [1.29, 1.82) is 0 Å². The zero-order valence-electron chi connectivity index (χ0n) is 23.6. The largest absolute Gasteiger partial charge is 0.464 e. The van der Waals surface area contributed by atoms with Gasteiger partial charge in [0.25, 0.3) is 11.8 Å². The van der Waals surface area contributed by atoms with E-state index in [4.69, 9.17) is 4.74 Å². The Bertz CT molecular complexity index is 1210. The molecule has 2 aromatic carbocycles. The molecule has 4 atom stereocenters. The molecule has 9 heteroatoms. The number of halogens is 1. The van der Waals surface area contributed by atoms with Crippen LogP contribution in [0.15, 0.2) is 54.6 Å². The van der Waals surface area contributed by atoms with Crippen molar-refractivity contribution in [3.05, 3.63) is 71.3 Å². The number of ether oxygens (including phenoxy) is 1. The third-order valence-electron chi connectivity index (χ3n) is 6.99. The van der Waals surface area contributed by atoms with Gasteiger partial charge in [-0.25, -0.2) is 9.18 Å². The van der Waals surface area contributed by atoms with E-state index >= 15 is 4.39 Å². The fourth-order valence-corrected chi connectivity index (χ4v) is 4.89. The molecule has 214 valence electrons. The Morgan fingerprint density at radius 3 is 1.95 bits per heavy atom. The van der Waals surface area contributed by atoms with Crippen LogP contribution in [0.5, 0.6) is 0 Å². The summed E-state index contributed by atoms with van der Waals surface area (Å²) in [6, 6.07) is 11.2. The van der Waals surface area contributed by atoms with Crippen LogP contribution in [-0.4, -0.2) is 53.1 Å². The number of hydrogen-bond acceptors (Lipinski definition) is 6. The highest BCUT2D eigenvalue weighted by Crippen LogP contribution is 2.34. The number of amides is 3. The molecule has 0 spiro atoms. The van der Waals surface area contributed by atoms with Crippen LogP contribution in [0.2, 0.25) is 0 Å². The minimum absolute atomic E-state index is 0.0743. The smallest absolute Gasteiger partial charge is 0.328 e. The van der Waals surface area contributed by atoms with Gasteiger partial charge < -0.3 is 10.1 Å². The van der Waals surface area contributed by atoms with Crippen molar-refractivity contribution in [1.82, 2.24) is 10.2 Å². The van der Waals surface area contributed by atoms with Crippen LogP contribution in [0.1, 0.15) is 79.9 Å². The zero-order valence-corrected chi connectivity index (χ0v) is 23.6. The maximum atomic E-state index is 16.1. The molecule has 0 saturated carbocycles. The number of nitrogens with zero attached hydrogens (tertiary/aromatic N) is 1. The molecule has 3 amide bonds. The first-order chi connectivity index (χ1) is 19.0. The molecule has 0 bridgehead atoms. The zero-order chi connectivity index (χ0) is 29.6. The van der Waals surface area contributed by atoms with E-state index in [1.165, 1.54) is 24.3 Å². The lowest BCUT2D eigenvalue weighted by Gasteiger charge is -2.30. The van der Waals surface area contributed by atoms with Gasteiger partial charge in [-0.2, -0.15) is 0 Å². The topological polar surface area (TPSA) is 110 Å². The highest BCUT2D eigenvalue weighted by Gasteiger charge is 2.47. The Balaban J connectivity index is 1.93. The molecule has 40 heavy (non-hydrogen) atoms. The standard InChI is InChI=1S/C31H37FN2O6/c1-6-40-31(39)24(16-18(2)3)33-28(36)23(19(4)5)17-25(35)27(26(32)20-12-8-7-9-13-20)34-29(37)21-14-10-11-15-22(21)30(34)38/h7-15,18-19,23-24,26-27H,6,16-17H2,1-5H3,(H,33,36)/t23-,24-,26?,27+/m0/s1. The number of rotatable bonds is 13. The average molecular weight is 553 g/mol. The number of imide groups is 1. The fourth-order valence-electron chi connectivity index (χ4n) is 4.89. The lowest BCUT2D eigenvalue weighted by molar-refractivity contribution is -0.148. The van der Waals surface area contributed by atoms with E-state index in [1.807, 2.05) is 13.8 Å². The van der Waals surface area contributed by atoms with Gasteiger partial charge in [-0.15, -0.1) is 0 Å². The number of benzene rings is 2. The van der Waals surface area contributed by atoms with Crippen molar-refractivity contribution in [2.24, 2.45) is 17.8 Å². The van der Waals surface area contributed by atoms with Crippen LogP contribution in [0.3, 0.4) is 0 Å². The Labute approximate surface area is 234 Å². The van der Waals surface area contributed by atoms with E-state index in [0.29, 0.717) is 11.3 Å². The van der Waals surface area contributed by atoms with Gasteiger partial charge in [-0.05, 0) is 42.9 Å². The summed E-state index contributed by atoms with van der Waals surface area (Å²) >= 11 is 0. The normalized spacial score (nSPS) is 15.9. The molecule has 0 saturated heterocycles. The van der Waals surface area contributed by atoms with E-state index < -0.39 is 60.1 Å². The van der Waals surface area contributed by atoms with Gasteiger partial charge in [0.15, 0.2) is 12.0 Å². The first-order valence-electron chi connectivity index (χ1n) is 13.6. The van der Waals surface area contributed by atoms with Crippen LogP contribution >= 0.6 is 0 Å². The molecule has 1 unspecified atom stereocenters. The van der Waals surface area contributed by atoms with Gasteiger partial charge in [-0.3, -0.25) is 24.1 Å². The SMILES string of the molecule is CCOC(=O)[C@H](CC(C)C)NC(=O)[C@@H](CC(=O)[C@H](C(F)c1ccccc1)N1C(=O)c2ccccc2C1=O)C(C)C. The van der Waals surface area contributed by atoms with E-state index in [-0.39, 0.29) is 35.1 Å². The van der Waals surface area contributed by atoms with Crippen LogP contribution in [0, 0.1) is 17.8 Å². The number of hydrogen-bond donors (Lipinski definition) is 1. The summed E-state index contributed by atoms with van der Waals surface area (Å²) in [7, 11) is 0. The van der Waals surface area contributed by atoms with Gasteiger partial charge in [0.05, 0.1) is 17.7 Å². The quantitative estimate of drug-likeness (QED) is 0.285. The van der Waals surface area contributed by atoms with Gasteiger partial charge in [0.1, 0.15) is 12.1 Å². The summed E-state index contributed by atoms with van der Waals surface area (Å²) in [6.07, 6.45) is -2.12. The van der Waals surface area contributed by atoms with Crippen molar-refractivity contribution in [2.45, 2.75) is 65.7 Å². The second-order valence-electron chi connectivity index (χ2n) is 10.7. The summed E-state index contributed by atoms with van der Waals surface area (Å²) in [5.74, 6) is -4.67. The molecule has 2 aromatic rings. The van der Waals surface area contributed by atoms with Crippen LogP contribution in [0.25, 0.3) is 0 Å². The Kier molecular flexibility index (Phi) is 10.3. The molecule has 0 aliphatic carbocycles. The number of carbonyl (C=O) groups is 5. The predicted molar refractivity (Wildman–Crippen MR) is 147 cm³/mol. The summed E-state index contributed by atoms with van der Waals surface area (Å²) in [5.41, 5.74) is 0.312. The number of nitrogens with one attached hydrogen (secondary N) is 1. The monoisotopic (exact) mass is 552 g/mol. The van der Waals surface area contributed by atoms with Crippen molar-refractivity contribution in [2.75, 3.05) is 6.61 Å². The lowest BCUT2D eigenvalue weighted by atomic mass is 9.85. The first-order valence-corrected chi connectivity index (χ1v) is 13.6. The molecular formula is C31H37FN2O6. The molecule has 0 aromatic heterocycles. The Morgan fingerprint density at radius 2 is 1.45 bits per heavy atom. The Hall–Kier alpha value is -3.88. The van der Waals surface area contributed by atoms with E-state index in [0.717, 1.165) is 0 Å². The van der Waals surface area contributed by atoms with Gasteiger partial charge in [0.2, 0.25) is 5.91 Å². The van der Waals surface area contributed by atoms with Gasteiger partial charge >= 0.3 is 5.97 Å². The summed E-state index contributed by atoms with van der Waals surface area (Å²) in [5, 5.41) is 2.71. The number of fused-ring (bicyclic) bond motifs is 1. The molecule has 1 heterocycles. The Morgan fingerprint density at radius 1 is 0.900 bits per heavy atom. The van der Waals surface area contributed by atoms with E-state index in [2.05, 4.69) is 5.32 Å². The average Bonchev–Trinajstić information content (AvgIpc) is 3.17.